The maximum atomic E-state index is 11.0. The molecule has 0 rings (SSSR count). The molecule has 0 bridgehead atoms. The van der Waals surface area contributed by atoms with E-state index in [0.717, 1.165) is 0 Å². The molecule has 0 amide bonds. The van der Waals surface area contributed by atoms with Crippen molar-refractivity contribution in [3.8, 4) is 0 Å². The third-order valence-electron chi connectivity index (χ3n) is 1.87. The van der Waals surface area contributed by atoms with Crippen molar-refractivity contribution in [3.05, 3.63) is 24.3 Å². The number of esters is 2. The molecular weight excluding hydrogens is 240 g/mol. The van der Waals surface area contributed by atoms with Gasteiger partial charge in [0.05, 0.1) is 6.61 Å². The van der Waals surface area contributed by atoms with Crippen LogP contribution in [0.15, 0.2) is 24.3 Å². The van der Waals surface area contributed by atoms with Crippen molar-refractivity contribution < 1.29 is 29.3 Å². The summed E-state index contributed by atoms with van der Waals surface area (Å²) in [6.07, 6.45) is -0.282. The van der Waals surface area contributed by atoms with Crippen molar-refractivity contribution in [1.82, 2.24) is 0 Å². The normalized spacial score (nSPS) is 10.7. The van der Waals surface area contributed by atoms with Crippen molar-refractivity contribution in [2.24, 2.45) is 0 Å². The Hall–Kier alpha value is -1.66. The van der Waals surface area contributed by atoms with Gasteiger partial charge in [-0.25, -0.2) is 9.59 Å². The van der Waals surface area contributed by atoms with Gasteiger partial charge in [-0.2, -0.15) is 0 Å². The van der Waals surface area contributed by atoms with Gasteiger partial charge >= 0.3 is 11.9 Å². The molecule has 0 aliphatic carbocycles. The van der Waals surface area contributed by atoms with Gasteiger partial charge in [-0.1, -0.05) is 13.2 Å². The number of rotatable bonds is 7. The highest BCUT2D eigenvalue weighted by Crippen LogP contribution is 2.08. The molecule has 6 heteroatoms. The molecule has 0 atom stereocenters. The largest absolute Gasteiger partial charge is 0.462 e. The number of hydrogen-bond donors (Lipinski definition) is 2. The molecule has 0 unspecified atom stereocenters. The molecule has 0 heterocycles. The predicted octanol–water partition coefficient (Wildman–Crippen LogP) is 0.296. The molecule has 0 spiro atoms. The van der Waals surface area contributed by atoms with Crippen LogP contribution in [0, 0.1) is 0 Å². The molecule has 0 radical (unpaired) electrons. The third-order valence-corrected chi connectivity index (χ3v) is 1.87. The number of carbonyl (C=O) groups is 2. The predicted molar refractivity (Wildman–Crippen MR) is 63.3 cm³/mol. The average molecular weight is 258 g/mol. The van der Waals surface area contributed by atoms with Crippen LogP contribution in [0.4, 0.5) is 0 Å². The summed E-state index contributed by atoms with van der Waals surface area (Å²) in [7, 11) is 0. The molecule has 0 aliphatic rings. The van der Waals surface area contributed by atoms with Crippen LogP contribution in [0.5, 0.6) is 0 Å². The second-order valence-electron chi connectivity index (χ2n) is 4.01. The minimum absolute atomic E-state index is 0.152. The molecule has 0 aromatic rings. The van der Waals surface area contributed by atoms with Crippen LogP contribution in [0.3, 0.4) is 0 Å². The molecule has 0 aromatic carbocycles. The highest BCUT2D eigenvalue weighted by atomic mass is 16.6. The molecule has 0 aromatic heterocycles. The van der Waals surface area contributed by atoms with Crippen LogP contribution in [0.1, 0.15) is 20.3 Å². The Balaban J connectivity index is 4.01. The van der Waals surface area contributed by atoms with Gasteiger partial charge in [0.15, 0.2) is 0 Å². The summed E-state index contributed by atoms with van der Waals surface area (Å²) in [5.41, 5.74) is 0.365. The van der Waals surface area contributed by atoms with Gasteiger partial charge in [-0.3, -0.25) is 0 Å². The molecule has 0 saturated heterocycles. The minimum atomic E-state index is -2.25. The quantitative estimate of drug-likeness (QED) is 0.387. The van der Waals surface area contributed by atoms with Gasteiger partial charge in [-0.05, 0) is 13.8 Å². The van der Waals surface area contributed by atoms with E-state index in [-0.39, 0.29) is 24.2 Å². The van der Waals surface area contributed by atoms with E-state index in [2.05, 4.69) is 22.6 Å². The lowest BCUT2D eigenvalue weighted by Gasteiger charge is -2.21. The summed E-state index contributed by atoms with van der Waals surface area (Å²) in [4.78, 5) is 22.0. The summed E-state index contributed by atoms with van der Waals surface area (Å²) in [5.74, 6) is -3.59. The first-order valence-electron chi connectivity index (χ1n) is 5.26. The fraction of sp³-hybridized carbons (Fsp3) is 0.500. The monoisotopic (exact) mass is 258 g/mol. The summed E-state index contributed by atoms with van der Waals surface area (Å²) >= 11 is 0. The van der Waals surface area contributed by atoms with Crippen LogP contribution < -0.4 is 0 Å². The average Bonchev–Trinajstić information content (AvgIpc) is 2.25. The van der Waals surface area contributed by atoms with Gasteiger partial charge < -0.3 is 19.7 Å². The van der Waals surface area contributed by atoms with E-state index in [4.69, 9.17) is 0 Å². The highest BCUT2D eigenvalue weighted by molar-refractivity contribution is 5.87. The zero-order chi connectivity index (χ0) is 14.3. The van der Waals surface area contributed by atoms with Gasteiger partial charge in [0.2, 0.25) is 5.79 Å². The zero-order valence-electron chi connectivity index (χ0n) is 10.6. The Morgan fingerprint density at radius 1 is 1.06 bits per heavy atom. The molecule has 2 N–H and O–H groups in total. The lowest BCUT2D eigenvalue weighted by Crippen LogP contribution is -2.36. The van der Waals surface area contributed by atoms with Crippen LogP contribution >= 0.6 is 0 Å². The molecule has 6 nitrogen and oxygen atoms in total. The molecule has 18 heavy (non-hydrogen) atoms. The van der Waals surface area contributed by atoms with Gasteiger partial charge in [0.1, 0.15) is 6.61 Å². The smallest absolute Gasteiger partial charge is 0.333 e. The second-order valence-corrected chi connectivity index (χ2v) is 4.01. The van der Waals surface area contributed by atoms with Crippen LogP contribution in [0.25, 0.3) is 0 Å². The molecular formula is C12H18O6. The Bertz CT molecular complexity index is 356. The molecule has 0 fully saturated rings. The van der Waals surface area contributed by atoms with E-state index in [1.165, 1.54) is 13.8 Å². The second kappa shape index (κ2) is 6.93. The SMILES string of the molecule is C=C(C)C(=O)OCCC(O)(O)COC(=O)C(=C)C. The van der Waals surface area contributed by atoms with E-state index >= 15 is 0 Å². The number of ether oxygens (including phenoxy) is 2. The van der Waals surface area contributed by atoms with Crippen LogP contribution in [0.2, 0.25) is 0 Å². The first-order chi connectivity index (χ1) is 8.15. The van der Waals surface area contributed by atoms with E-state index in [1.54, 1.807) is 0 Å². The molecule has 0 aliphatic heterocycles. The van der Waals surface area contributed by atoms with E-state index in [9.17, 15) is 19.8 Å². The lowest BCUT2D eigenvalue weighted by molar-refractivity contribution is -0.208. The van der Waals surface area contributed by atoms with Crippen molar-refractivity contribution in [3.63, 3.8) is 0 Å². The highest BCUT2D eigenvalue weighted by Gasteiger charge is 2.26. The van der Waals surface area contributed by atoms with Crippen LogP contribution in [-0.2, 0) is 19.1 Å². The topological polar surface area (TPSA) is 93.1 Å². The minimum Gasteiger partial charge on any atom is -0.462 e. The van der Waals surface area contributed by atoms with E-state index in [1.807, 2.05) is 0 Å². The van der Waals surface area contributed by atoms with Gasteiger partial charge in [-0.15, -0.1) is 0 Å². The first-order valence-corrected chi connectivity index (χ1v) is 5.26. The number of hydrogen-bond acceptors (Lipinski definition) is 6. The van der Waals surface area contributed by atoms with Crippen molar-refractivity contribution in [2.75, 3.05) is 13.2 Å². The number of carbonyl (C=O) groups excluding carboxylic acids is 2. The molecule has 0 saturated carbocycles. The summed E-state index contributed by atoms with van der Waals surface area (Å²) < 4.78 is 9.25. The standard InChI is InChI=1S/C12H18O6/c1-8(2)10(13)17-6-5-12(15,16)7-18-11(14)9(3)4/h15-16H,1,3,5-7H2,2,4H3. The van der Waals surface area contributed by atoms with E-state index in [0.29, 0.717) is 0 Å². The Morgan fingerprint density at radius 3 is 1.94 bits per heavy atom. The summed E-state index contributed by atoms with van der Waals surface area (Å²) in [6.45, 7) is 8.79. The van der Waals surface area contributed by atoms with Crippen molar-refractivity contribution in [2.45, 2.75) is 26.1 Å². The fourth-order valence-corrected chi connectivity index (χ4v) is 0.807. The van der Waals surface area contributed by atoms with Gasteiger partial charge in [0.25, 0.3) is 0 Å². The maximum absolute atomic E-state index is 11.0. The van der Waals surface area contributed by atoms with Crippen molar-refractivity contribution in [1.29, 1.82) is 0 Å². The molecule has 102 valence electrons. The fourth-order valence-electron chi connectivity index (χ4n) is 0.807. The Labute approximate surface area is 106 Å². The van der Waals surface area contributed by atoms with E-state index < -0.39 is 24.3 Å². The van der Waals surface area contributed by atoms with Crippen molar-refractivity contribution >= 4 is 11.9 Å². The third kappa shape index (κ3) is 6.82. The zero-order valence-corrected chi connectivity index (χ0v) is 10.6. The number of aliphatic hydroxyl groups is 2. The lowest BCUT2D eigenvalue weighted by atomic mass is 10.2. The maximum Gasteiger partial charge on any atom is 0.333 e. The Morgan fingerprint density at radius 2 is 1.50 bits per heavy atom. The summed E-state index contributed by atoms with van der Waals surface area (Å²) in [6, 6.07) is 0. The van der Waals surface area contributed by atoms with Crippen LogP contribution in [-0.4, -0.2) is 41.2 Å². The Kier molecular flexibility index (Phi) is 6.29. The summed E-state index contributed by atoms with van der Waals surface area (Å²) in [5, 5.41) is 18.9. The van der Waals surface area contributed by atoms with Gasteiger partial charge in [0, 0.05) is 17.6 Å². The first kappa shape index (κ1) is 16.3.